The lowest BCUT2D eigenvalue weighted by Gasteiger charge is -2.34. The van der Waals surface area contributed by atoms with Crippen molar-refractivity contribution in [3.8, 4) is 0 Å². The van der Waals surface area contributed by atoms with E-state index in [0.717, 1.165) is 6.33 Å². The molecule has 2 rings (SSSR count). The van der Waals surface area contributed by atoms with E-state index >= 15 is 0 Å². The van der Waals surface area contributed by atoms with Crippen LogP contribution in [0.25, 0.3) is 0 Å². The summed E-state index contributed by atoms with van der Waals surface area (Å²) in [5.41, 5.74) is -0.546. The predicted octanol–water partition coefficient (Wildman–Crippen LogP) is 2.20. The maximum Gasteiger partial charge on any atom is 0.393 e. The van der Waals surface area contributed by atoms with E-state index in [4.69, 9.17) is 11.6 Å². The Morgan fingerprint density at radius 3 is 2.89 bits per heavy atom. The van der Waals surface area contributed by atoms with Crippen molar-refractivity contribution < 1.29 is 13.2 Å². The van der Waals surface area contributed by atoms with Gasteiger partial charge >= 0.3 is 6.18 Å². The molecule has 1 fully saturated rings. The Morgan fingerprint density at radius 1 is 1.50 bits per heavy atom. The molecule has 18 heavy (non-hydrogen) atoms. The van der Waals surface area contributed by atoms with Gasteiger partial charge in [0.05, 0.1) is 12.2 Å². The highest BCUT2D eigenvalue weighted by molar-refractivity contribution is 6.32. The van der Waals surface area contributed by atoms with Crippen LogP contribution in [0.15, 0.2) is 11.1 Å². The van der Waals surface area contributed by atoms with Gasteiger partial charge in [-0.15, -0.1) is 0 Å². The van der Waals surface area contributed by atoms with Gasteiger partial charge in [0, 0.05) is 13.1 Å². The number of anilines is 1. The van der Waals surface area contributed by atoms with E-state index in [2.05, 4.69) is 9.97 Å². The molecule has 0 aromatic carbocycles. The van der Waals surface area contributed by atoms with E-state index in [1.807, 2.05) is 0 Å². The summed E-state index contributed by atoms with van der Waals surface area (Å²) in [5.74, 6) is -1.28. The zero-order valence-electron chi connectivity index (χ0n) is 9.30. The zero-order chi connectivity index (χ0) is 13.3. The van der Waals surface area contributed by atoms with Crippen LogP contribution in [-0.4, -0.2) is 29.2 Å². The molecule has 0 saturated carbocycles. The molecule has 1 aromatic heterocycles. The van der Waals surface area contributed by atoms with Crippen LogP contribution in [0.3, 0.4) is 0 Å². The van der Waals surface area contributed by atoms with E-state index < -0.39 is 17.7 Å². The molecule has 1 aliphatic heterocycles. The SMILES string of the molecule is O=c1[nH]cnc(N2CCCC(C(F)(F)F)C2)c1Cl. The third-order valence-corrected chi connectivity index (χ3v) is 3.30. The fourth-order valence-corrected chi connectivity index (χ4v) is 2.25. The van der Waals surface area contributed by atoms with Crippen LogP contribution < -0.4 is 10.5 Å². The van der Waals surface area contributed by atoms with Crippen molar-refractivity contribution in [2.45, 2.75) is 19.0 Å². The van der Waals surface area contributed by atoms with Crippen molar-refractivity contribution in [2.24, 2.45) is 5.92 Å². The van der Waals surface area contributed by atoms with Crippen LogP contribution in [0, 0.1) is 5.92 Å². The maximum atomic E-state index is 12.7. The first-order chi connectivity index (χ1) is 8.39. The molecule has 1 aromatic rings. The molecule has 8 heteroatoms. The van der Waals surface area contributed by atoms with E-state index in [1.54, 1.807) is 0 Å². The molecule has 1 aliphatic rings. The van der Waals surface area contributed by atoms with Crippen LogP contribution >= 0.6 is 11.6 Å². The fourth-order valence-electron chi connectivity index (χ4n) is 2.03. The van der Waals surface area contributed by atoms with Crippen molar-refractivity contribution >= 4 is 17.4 Å². The van der Waals surface area contributed by atoms with Crippen molar-refractivity contribution in [2.75, 3.05) is 18.0 Å². The number of rotatable bonds is 1. The van der Waals surface area contributed by atoms with Gasteiger partial charge in [-0.1, -0.05) is 11.6 Å². The highest BCUT2D eigenvalue weighted by atomic mass is 35.5. The molecule has 1 N–H and O–H groups in total. The van der Waals surface area contributed by atoms with Gasteiger partial charge in [0.1, 0.15) is 5.02 Å². The summed E-state index contributed by atoms with van der Waals surface area (Å²) in [6.45, 7) is 0.211. The lowest BCUT2D eigenvalue weighted by Crippen LogP contribution is -2.42. The molecule has 0 aliphatic carbocycles. The number of H-pyrrole nitrogens is 1. The predicted molar refractivity (Wildman–Crippen MR) is 60.9 cm³/mol. The van der Waals surface area contributed by atoms with Gasteiger partial charge in [-0.3, -0.25) is 4.79 Å². The molecule has 0 bridgehead atoms. The molecule has 1 unspecified atom stereocenters. The van der Waals surface area contributed by atoms with Crippen molar-refractivity contribution in [1.29, 1.82) is 0 Å². The second-order valence-corrected chi connectivity index (χ2v) is 4.57. The van der Waals surface area contributed by atoms with Gasteiger partial charge in [-0.05, 0) is 12.8 Å². The third kappa shape index (κ3) is 2.60. The largest absolute Gasteiger partial charge is 0.393 e. The number of hydrogen-bond donors (Lipinski definition) is 1. The minimum absolute atomic E-state index is 0.0980. The average Bonchev–Trinajstić information content (AvgIpc) is 2.32. The van der Waals surface area contributed by atoms with Crippen LogP contribution in [0.2, 0.25) is 5.02 Å². The topological polar surface area (TPSA) is 49.0 Å². The molecule has 1 atom stereocenters. The first-order valence-corrected chi connectivity index (χ1v) is 5.82. The number of piperidine rings is 1. The first-order valence-electron chi connectivity index (χ1n) is 5.44. The lowest BCUT2D eigenvalue weighted by molar-refractivity contribution is -0.176. The Labute approximate surface area is 106 Å². The number of aromatic nitrogens is 2. The van der Waals surface area contributed by atoms with Crippen LogP contribution in [0.5, 0.6) is 0 Å². The third-order valence-electron chi connectivity index (χ3n) is 2.96. The summed E-state index contributed by atoms with van der Waals surface area (Å²) in [7, 11) is 0. The van der Waals surface area contributed by atoms with Crippen LogP contribution in [0.1, 0.15) is 12.8 Å². The number of hydrogen-bond acceptors (Lipinski definition) is 3. The Morgan fingerprint density at radius 2 is 2.22 bits per heavy atom. The normalized spacial score (nSPS) is 21.1. The minimum Gasteiger partial charge on any atom is -0.355 e. The molecule has 1 saturated heterocycles. The number of alkyl halides is 3. The Hall–Kier alpha value is -1.24. The first kappa shape index (κ1) is 13.2. The number of nitrogens with zero attached hydrogens (tertiary/aromatic N) is 2. The quantitative estimate of drug-likeness (QED) is 0.858. The van der Waals surface area contributed by atoms with E-state index in [-0.39, 0.29) is 23.8 Å². The lowest BCUT2D eigenvalue weighted by atomic mass is 9.97. The monoisotopic (exact) mass is 281 g/mol. The Kier molecular flexibility index (Phi) is 3.52. The van der Waals surface area contributed by atoms with Crippen LogP contribution in [-0.2, 0) is 0 Å². The van der Waals surface area contributed by atoms with E-state index in [1.165, 1.54) is 4.90 Å². The smallest absolute Gasteiger partial charge is 0.355 e. The summed E-state index contributed by atoms with van der Waals surface area (Å²) in [4.78, 5) is 18.8. The standard InChI is InChI=1S/C10H11ClF3N3O/c11-7-8(15-5-16-9(7)18)17-3-1-2-6(4-17)10(12,13)14/h5-6H,1-4H2,(H,15,16,18). The molecule has 0 radical (unpaired) electrons. The average molecular weight is 282 g/mol. The van der Waals surface area contributed by atoms with Gasteiger partial charge in [0.25, 0.3) is 5.56 Å². The molecule has 100 valence electrons. The van der Waals surface area contributed by atoms with Gasteiger partial charge in [0.2, 0.25) is 0 Å². The number of halogens is 4. The summed E-state index contributed by atoms with van der Waals surface area (Å²) in [6.07, 6.45) is -2.59. The van der Waals surface area contributed by atoms with Gasteiger partial charge in [-0.2, -0.15) is 13.2 Å². The molecular formula is C10H11ClF3N3O. The Bertz CT molecular complexity index is 488. The molecule has 0 amide bonds. The second-order valence-electron chi connectivity index (χ2n) is 4.20. The minimum atomic E-state index is -4.23. The van der Waals surface area contributed by atoms with E-state index in [0.29, 0.717) is 13.0 Å². The molecular weight excluding hydrogens is 271 g/mol. The van der Waals surface area contributed by atoms with Gasteiger partial charge < -0.3 is 9.88 Å². The second kappa shape index (κ2) is 4.79. The maximum absolute atomic E-state index is 12.7. The fraction of sp³-hybridized carbons (Fsp3) is 0.600. The van der Waals surface area contributed by atoms with Gasteiger partial charge in [0.15, 0.2) is 5.82 Å². The highest BCUT2D eigenvalue weighted by Gasteiger charge is 2.42. The summed E-state index contributed by atoms with van der Waals surface area (Å²) < 4.78 is 38.0. The number of aromatic amines is 1. The molecule has 4 nitrogen and oxygen atoms in total. The molecule has 2 heterocycles. The highest BCUT2D eigenvalue weighted by Crippen LogP contribution is 2.35. The summed E-state index contributed by atoms with van der Waals surface area (Å²) >= 11 is 5.76. The number of nitrogens with one attached hydrogen (secondary N) is 1. The van der Waals surface area contributed by atoms with Crippen molar-refractivity contribution in [3.63, 3.8) is 0 Å². The van der Waals surface area contributed by atoms with Crippen LogP contribution in [0.4, 0.5) is 19.0 Å². The molecule has 0 spiro atoms. The Balaban J connectivity index is 2.24. The summed E-state index contributed by atoms with van der Waals surface area (Å²) in [6, 6.07) is 0. The van der Waals surface area contributed by atoms with E-state index in [9.17, 15) is 18.0 Å². The van der Waals surface area contributed by atoms with Crippen molar-refractivity contribution in [3.05, 3.63) is 21.7 Å². The van der Waals surface area contributed by atoms with Crippen molar-refractivity contribution in [1.82, 2.24) is 9.97 Å². The zero-order valence-corrected chi connectivity index (χ0v) is 10.1. The summed E-state index contributed by atoms with van der Waals surface area (Å²) in [5, 5.41) is -0.166. The van der Waals surface area contributed by atoms with Gasteiger partial charge in [-0.25, -0.2) is 4.98 Å².